The molecule has 2 fully saturated rings. The maximum atomic E-state index is 13.3. The molecule has 8 heteroatoms. The second kappa shape index (κ2) is 6.22. The van der Waals surface area contributed by atoms with E-state index in [1.54, 1.807) is 20.8 Å². The number of rotatable bonds is 1. The summed E-state index contributed by atoms with van der Waals surface area (Å²) in [4.78, 5) is 29.1. The van der Waals surface area contributed by atoms with E-state index in [4.69, 9.17) is 4.74 Å². The van der Waals surface area contributed by atoms with Crippen LogP contribution in [0.1, 0.15) is 75.2 Å². The van der Waals surface area contributed by atoms with Crippen molar-refractivity contribution >= 4 is 12.0 Å². The maximum Gasteiger partial charge on any atom is 0.410 e. The Bertz CT molecular complexity index is 762. The fraction of sp³-hybridized carbons (Fsp3) is 0.737. The molecule has 148 valence electrons. The SMILES string of the molecule is CC(C)(C)OC(=O)N1Cc2c(C(=O)N3CCCCC34CC4)cnn2C(O)C1. The predicted octanol–water partition coefficient (Wildman–Crippen LogP) is 2.28. The fourth-order valence-corrected chi connectivity index (χ4v) is 4.19. The molecular weight excluding hydrogens is 348 g/mol. The Morgan fingerprint density at radius 2 is 2.00 bits per heavy atom. The van der Waals surface area contributed by atoms with Gasteiger partial charge in [-0.15, -0.1) is 0 Å². The number of piperidine rings is 1. The smallest absolute Gasteiger partial charge is 0.410 e. The van der Waals surface area contributed by atoms with Gasteiger partial charge in [-0.1, -0.05) is 0 Å². The molecule has 1 N–H and O–H groups in total. The van der Waals surface area contributed by atoms with E-state index in [1.807, 2.05) is 4.90 Å². The normalized spacial score (nSPS) is 23.9. The molecule has 1 spiro atoms. The summed E-state index contributed by atoms with van der Waals surface area (Å²) in [5.41, 5.74) is 0.466. The number of likely N-dealkylation sites (tertiary alicyclic amines) is 1. The van der Waals surface area contributed by atoms with Gasteiger partial charge in [-0.3, -0.25) is 9.69 Å². The number of fused-ring (bicyclic) bond motifs is 1. The van der Waals surface area contributed by atoms with Crippen LogP contribution >= 0.6 is 0 Å². The minimum Gasteiger partial charge on any atom is -0.444 e. The number of aromatic nitrogens is 2. The van der Waals surface area contributed by atoms with Crippen LogP contribution < -0.4 is 0 Å². The molecule has 1 aromatic rings. The van der Waals surface area contributed by atoms with E-state index < -0.39 is 17.9 Å². The molecular formula is C19H28N4O4. The largest absolute Gasteiger partial charge is 0.444 e. The van der Waals surface area contributed by atoms with Crippen LogP contribution in [0.3, 0.4) is 0 Å². The lowest BCUT2D eigenvalue weighted by atomic mass is 9.98. The lowest BCUT2D eigenvalue weighted by molar-refractivity contribution is -0.0149. The molecule has 3 aliphatic rings. The quantitative estimate of drug-likeness (QED) is 0.812. The minimum atomic E-state index is -0.987. The molecule has 1 atom stereocenters. The molecule has 27 heavy (non-hydrogen) atoms. The standard InChI is InChI=1S/C19H28N4O4/c1-18(2,3)27-17(26)21-11-14-13(10-20-23(14)15(24)12-21)16(25)22-9-5-4-6-19(22)7-8-19/h10,15,24H,4-9,11-12H2,1-3H3. The van der Waals surface area contributed by atoms with E-state index in [0.717, 1.165) is 32.2 Å². The van der Waals surface area contributed by atoms with Crippen molar-refractivity contribution in [3.8, 4) is 0 Å². The molecule has 0 radical (unpaired) electrons. The first-order valence-corrected chi connectivity index (χ1v) is 9.75. The summed E-state index contributed by atoms with van der Waals surface area (Å²) in [6.07, 6.45) is 5.43. The van der Waals surface area contributed by atoms with Gasteiger partial charge in [-0.05, 0) is 52.9 Å². The Morgan fingerprint density at radius 3 is 2.67 bits per heavy atom. The number of ether oxygens (including phenoxy) is 1. The fourth-order valence-electron chi connectivity index (χ4n) is 4.19. The van der Waals surface area contributed by atoms with E-state index in [1.165, 1.54) is 22.2 Å². The van der Waals surface area contributed by atoms with Crippen LogP contribution in [-0.2, 0) is 11.3 Å². The van der Waals surface area contributed by atoms with Gasteiger partial charge in [0.25, 0.3) is 5.91 Å². The summed E-state index contributed by atoms with van der Waals surface area (Å²) < 4.78 is 6.88. The van der Waals surface area contributed by atoms with Crippen LogP contribution in [0.4, 0.5) is 4.79 Å². The molecule has 2 amide bonds. The summed E-state index contributed by atoms with van der Waals surface area (Å²) in [5, 5.41) is 14.7. The molecule has 8 nitrogen and oxygen atoms in total. The van der Waals surface area contributed by atoms with Crippen molar-refractivity contribution in [1.82, 2.24) is 19.6 Å². The van der Waals surface area contributed by atoms with Crippen molar-refractivity contribution in [2.45, 2.75) is 76.8 Å². The van der Waals surface area contributed by atoms with Crippen molar-refractivity contribution in [3.05, 3.63) is 17.5 Å². The summed E-state index contributed by atoms with van der Waals surface area (Å²) >= 11 is 0. The van der Waals surface area contributed by atoms with Gasteiger partial charge in [0.05, 0.1) is 30.5 Å². The molecule has 1 saturated carbocycles. The van der Waals surface area contributed by atoms with Gasteiger partial charge in [0, 0.05) is 12.1 Å². The average Bonchev–Trinajstić information content (AvgIpc) is 3.20. The van der Waals surface area contributed by atoms with E-state index in [0.29, 0.717) is 11.3 Å². The second-order valence-electron chi connectivity index (χ2n) is 8.93. The van der Waals surface area contributed by atoms with Crippen LogP contribution in [0.25, 0.3) is 0 Å². The number of β-amino-alcohol motifs (C(OH)–C–C–N with tert-alkyl or cyclic N) is 1. The Hall–Kier alpha value is -2.09. The van der Waals surface area contributed by atoms with Crippen LogP contribution in [0, 0.1) is 0 Å². The molecule has 3 heterocycles. The topological polar surface area (TPSA) is 87.9 Å². The first-order chi connectivity index (χ1) is 12.7. The first kappa shape index (κ1) is 18.3. The average molecular weight is 376 g/mol. The van der Waals surface area contributed by atoms with Gasteiger partial charge in [-0.2, -0.15) is 5.10 Å². The van der Waals surface area contributed by atoms with E-state index in [-0.39, 0.29) is 24.5 Å². The summed E-state index contributed by atoms with van der Waals surface area (Å²) in [6, 6.07) is 0. The number of carbonyl (C=O) groups excluding carboxylic acids is 2. The third-order valence-electron chi connectivity index (χ3n) is 5.71. The Labute approximate surface area is 159 Å². The third-order valence-corrected chi connectivity index (χ3v) is 5.71. The van der Waals surface area contributed by atoms with Crippen molar-refractivity contribution in [1.29, 1.82) is 0 Å². The van der Waals surface area contributed by atoms with Crippen molar-refractivity contribution in [2.75, 3.05) is 13.1 Å². The van der Waals surface area contributed by atoms with Gasteiger partial charge >= 0.3 is 6.09 Å². The highest BCUT2D eigenvalue weighted by Gasteiger charge is 2.51. The van der Waals surface area contributed by atoms with Gasteiger partial charge in [-0.25, -0.2) is 9.48 Å². The number of hydrogen-bond acceptors (Lipinski definition) is 5. The number of aliphatic hydroxyl groups excluding tert-OH is 1. The number of hydrogen-bond donors (Lipinski definition) is 1. The first-order valence-electron chi connectivity index (χ1n) is 9.75. The number of carbonyl (C=O) groups is 2. The molecule has 4 rings (SSSR count). The summed E-state index contributed by atoms with van der Waals surface area (Å²) in [5.74, 6) is -0.0355. The number of nitrogens with zero attached hydrogens (tertiary/aromatic N) is 4. The van der Waals surface area contributed by atoms with Crippen LogP contribution in [0.5, 0.6) is 0 Å². The van der Waals surface area contributed by atoms with Crippen LogP contribution in [0.15, 0.2) is 6.20 Å². The summed E-state index contributed by atoms with van der Waals surface area (Å²) in [7, 11) is 0. The Kier molecular flexibility index (Phi) is 4.21. The van der Waals surface area contributed by atoms with E-state index in [2.05, 4.69) is 5.10 Å². The van der Waals surface area contributed by atoms with Crippen molar-refractivity contribution < 1.29 is 19.4 Å². The maximum absolute atomic E-state index is 13.3. The zero-order chi connectivity index (χ0) is 19.4. The number of aliphatic hydroxyl groups is 1. The lowest BCUT2D eigenvalue weighted by Crippen LogP contribution is -2.47. The highest BCUT2D eigenvalue weighted by molar-refractivity contribution is 5.96. The van der Waals surface area contributed by atoms with E-state index in [9.17, 15) is 14.7 Å². The van der Waals surface area contributed by atoms with Gasteiger partial charge in [0.1, 0.15) is 5.60 Å². The molecule has 0 bridgehead atoms. The van der Waals surface area contributed by atoms with E-state index >= 15 is 0 Å². The highest BCUT2D eigenvalue weighted by atomic mass is 16.6. The Morgan fingerprint density at radius 1 is 1.26 bits per heavy atom. The molecule has 0 aromatic carbocycles. The van der Waals surface area contributed by atoms with Crippen molar-refractivity contribution in [2.24, 2.45) is 0 Å². The van der Waals surface area contributed by atoms with Crippen LogP contribution in [0.2, 0.25) is 0 Å². The Balaban J connectivity index is 1.58. The minimum absolute atomic E-state index is 0.0300. The highest BCUT2D eigenvalue weighted by Crippen LogP contribution is 2.49. The molecule has 1 saturated heterocycles. The predicted molar refractivity (Wildman–Crippen MR) is 97.0 cm³/mol. The monoisotopic (exact) mass is 376 g/mol. The molecule has 1 aromatic heterocycles. The lowest BCUT2D eigenvalue weighted by Gasteiger charge is -2.37. The molecule has 1 unspecified atom stereocenters. The summed E-state index contributed by atoms with van der Waals surface area (Å²) in [6.45, 7) is 6.46. The molecule has 1 aliphatic carbocycles. The van der Waals surface area contributed by atoms with Crippen molar-refractivity contribution in [3.63, 3.8) is 0 Å². The number of amides is 2. The molecule has 2 aliphatic heterocycles. The zero-order valence-electron chi connectivity index (χ0n) is 16.3. The van der Waals surface area contributed by atoms with Crippen LogP contribution in [-0.4, -0.2) is 60.9 Å². The zero-order valence-corrected chi connectivity index (χ0v) is 16.3. The second-order valence-corrected chi connectivity index (χ2v) is 8.93. The van der Waals surface area contributed by atoms with Gasteiger partial charge in [0.2, 0.25) is 0 Å². The third kappa shape index (κ3) is 3.31. The van der Waals surface area contributed by atoms with Gasteiger partial charge < -0.3 is 14.7 Å². The van der Waals surface area contributed by atoms with Gasteiger partial charge in [0.15, 0.2) is 6.23 Å².